The van der Waals surface area contributed by atoms with Gasteiger partial charge in [0.25, 0.3) is 0 Å². The van der Waals surface area contributed by atoms with Crippen LogP contribution in [0.15, 0.2) is 48.5 Å². The SMILES string of the molecule is C[C@H](NC(=O)CN1CCOCC1)C(=O)N[C@@H](CCc1ccc(O)c(O)c1)C(=O)N[C@@H](Cc1ccccc1)C(=O)[C@@]1(C)CO1. The number of rotatable bonds is 14. The summed E-state index contributed by atoms with van der Waals surface area (Å²) in [5, 5.41) is 27.8. The van der Waals surface area contributed by atoms with E-state index in [1.807, 2.05) is 35.2 Å². The second kappa shape index (κ2) is 14.5. The average Bonchev–Trinajstić information content (AvgIpc) is 3.75. The number of aryl methyl sites for hydroxylation is 1. The topological polar surface area (TPSA) is 170 Å². The van der Waals surface area contributed by atoms with Crippen molar-refractivity contribution in [1.29, 1.82) is 0 Å². The smallest absolute Gasteiger partial charge is 0.243 e. The largest absolute Gasteiger partial charge is 0.504 e. The van der Waals surface area contributed by atoms with E-state index < -0.39 is 35.5 Å². The molecule has 0 saturated carbocycles. The number of aromatic hydroxyl groups is 2. The lowest BCUT2D eigenvalue weighted by Gasteiger charge is -2.27. The number of phenolic OH excluding ortho intramolecular Hbond substituents is 2. The summed E-state index contributed by atoms with van der Waals surface area (Å²) in [6, 6.07) is 10.7. The van der Waals surface area contributed by atoms with Crippen LogP contribution in [0.1, 0.15) is 31.4 Å². The number of nitrogens with one attached hydrogen (secondary N) is 3. The van der Waals surface area contributed by atoms with E-state index in [-0.39, 0.29) is 55.6 Å². The molecular weight excluding hydrogens is 556 g/mol. The summed E-state index contributed by atoms with van der Waals surface area (Å²) in [5.74, 6) is -2.29. The number of carbonyl (C=O) groups is 4. The van der Waals surface area contributed by atoms with Crippen molar-refractivity contribution in [3.8, 4) is 11.5 Å². The maximum absolute atomic E-state index is 13.7. The van der Waals surface area contributed by atoms with Gasteiger partial charge in [-0.05, 0) is 56.4 Å². The van der Waals surface area contributed by atoms with Crippen molar-refractivity contribution in [2.75, 3.05) is 39.5 Å². The lowest BCUT2D eigenvalue weighted by Crippen LogP contribution is -2.57. The van der Waals surface area contributed by atoms with Gasteiger partial charge < -0.3 is 35.6 Å². The van der Waals surface area contributed by atoms with Crippen LogP contribution in [0.2, 0.25) is 0 Å². The second-order valence-electron chi connectivity index (χ2n) is 11.2. The van der Waals surface area contributed by atoms with E-state index >= 15 is 0 Å². The molecule has 0 aromatic heterocycles. The van der Waals surface area contributed by atoms with E-state index in [9.17, 15) is 29.4 Å². The number of nitrogens with zero attached hydrogens (tertiary/aromatic N) is 1. The Morgan fingerprint density at radius 2 is 1.58 bits per heavy atom. The maximum atomic E-state index is 13.7. The molecule has 12 heteroatoms. The number of carbonyl (C=O) groups excluding carboxylic acids is 4. The molecule has 2 saturated heterocycles. The van der Waals surface area contributed by atoms with Gasteiger partial charge in [0.15, 0.2) is 17.3 Å². The van der Waals surface area contributed by atoms with Gasteiger partial charge in [0.2, 0.25) is 17.7 Å². The fourth-order valence-corrected chi connectivity index (χ4v) is 4.87. The van der Waals surface area contributed by atoms with Gasteiger partial charge in [-0.2, -0.15) is 0 Å². The molecule has 43 heavy (non-hydrogen) atoms. The van der Waals surface area contributed by atoms with Crippen LogP contribution in [0.3, 0.4) is 0 Å². The third-order valence-corrected chi connectivity index (χ3v) is 7.65. The Kier molecular flexibility index (Phi) is 10.7. The molecule has 2 aromatic carbocycles. The fourth-order valence-electron chi connectivity index (χ4n) is 4.87. The minimum Gasteiger partial charge on any atom is -0.504 e. The summed E-state index contributed by atoms with van der Waals surface area (Å²) < 4.78 is 10.7. The first-order valence-electron chi connectivity index (χ1n) is 14.5. The van der Waals surface area contributed by atoms with Crippen LogP contribution in [0.5, 0.6) is 11.5 Å². The molecular formula is C31H40N4O8. The zero-order valence-electron chi connectivity index (χ0n) is 24.5. The van der Waals surface area contributed by atoms with Crippen molar-refractivity contribution < 1.29 is 38.9 Å². The van der Waals surface area contributed by atoms with Gasteiger partial charge in [-0.15, -0.1) is 0 Å². The first-order chi connectivity index (χ1) is 20.5. The van der Waals surface area contributed by atoms with Gasteiger partial charge in [-0.25, -0.2) is 0 Å². The molecule has 5 N–H and O–H groups in total. The number of morpholine rings is 1. The molecule has 2 fully saturated rings. The molecule has 0 unspecified atom stereocenters. The van der Waals surface area contributed by atoms with Crippen LogP contribution in [0.25, 0.3) is 0 Å². The number of benzene rings is 2. The summed E-state index contributed by atoms with van der Waals surface area (Å²) in [7, 11) is 0. The number of epoxide rings is 1. The van der Waals surface area contributed by atoms with Crippen LogP contribution >= 0.6 is 0 Å². The summed E-state index contributed by atoms with van der Waals surface area (Å²) in [4.78, 5) is 54.7. The Labute approximate surface area is 250 Å². The Morgan fingerprint density at radius 1 is 0.907 bits per heavy atom. The van der Waals surface area contributed by atoms with E-state index in [1.54, 1.807) is 13.0 Å². The molecule has 0 radical (unpaired) electrons. The first kappa shape index (κ1) is 31.9. The summed E-state index contributed by atoms with van der Waals surface area (Å²) in [6.07, 6.45) is 0.628. The Morgan fingerprint density at radius 3 is 2.23 bits per heavy atom. The molecule has 0 aliphatic carbocycles. The van der Waals surface area contributed by atoms with Crippen LogP contribution < -0.4 is 16.0 Å². The van der Waals surface area contributed by atoms with Crippen LogP contribution in [0, 0.1) is 0 Å². The zero-order valence-corrected chi connectivity index (χ0v) is 24.5. The van der Waals surface area contributed by atoms with Gasteiger partial charge in [0.05, 0.1) is 32.4 Å². The van der Waals surface area contributed by atoms with Crippen molar-refractivity contribution >= 4 is 23.5 Å². The molecule has 12 nitrogen and oxygen atoms in total. The average molecular weight is 597 g/mol. The number of hydrogen-bond donors (Lipinski definition) is 5. The van der Waals surface area contributed by atoms with E-state index in [1.165, 1.54) is 19.1 Å². The molecule has 0 spiro atoms. The van der Waals surface area contributed by atoms with Crippen molar-refractivity contribution in [2.45, 2.75) is 56.8 Å². The molecule has 2 heterocycles. The maximum Gasteiger partial charge on any atom is 0.243 e. The molecule has 2 aromatic rings. The number of ketones is 1. The standard InChI is InChI=1S/C31H40N4O8/c1-20(32-27(38)18-35-12-14-42-15-13-35)29(40)33-23(10-8-22-9-11-25(36)26(37)17-22)30(41)34-24(28(39)31(2)19-43-31)16-21-6-4-3-5-7-21/h3-7,9,11,17,20,23-24,36-37H,8,10,12-16,18-19H2,1-2H3,(H,32,38)(H,33,40)(H,34,41)/t20-,23-,24-,31+/m0/s1. The number of hydrogen-bond acceptors (Lipinski definition) is 9. The normalized spacial score (nSPS) is 20.3. The number of Topliss-reactive ketones (excluding diaryl/α,β-unsaturated/α-hetero) is 1. The second-order valence-corrected chi connectivity index (χ2v) is 11.2. The van der Waals surface area contributed by atoms with Crippen LogP contribution in [0.4, 0.5) is 0 Å². The highest BCUT2D eigenvalue weighted by molar-refractivity contribution is 5.98. The third-order valence-electron chi connectivity index (χ3n) is 7.65. The highest BCUT2D eigenvalue weighted by Crippen LogP contribution is 2.29. The highest BCUT2D eigenvalue weighted by atomic mass is 16.6. The minimum absolute atomic E-state index is 0.121. The summed E-state index contributed by atoms with van der Waals surface area (Å²) in [5.41, 5.74) is 0.501. The van der Waals surface area contributed by atoms with E-state index in [0.717, 1.165) is 5.56 Å². The molecule has 232 valence electrons. The predicted molar refractivity (Wildman–Crippen MR) is 156 cm³/mol. The monoisotopic (exact) mass is 596 g/mol. The Hall–Kier alpha value is -4.00. The molecule has 4 atom stereocenters. The van der Waals surface area contributed by atoms with Gasteiger partial charge in [-0.3, -0.25) is 24.1 Å². The molecule has 3 amide bonds. The fraction of sp³-hybridized carbons (Fsp3) is 0.484. The van der Waals surface area contributed by atoms with Crippen molar-refractivity contribution in [1.82, 2.24) is 20.9 Å². The lowest BCUT2D eigenvalue weighted by molar-refractivity contribution is -0.134. The third kappa shape index (κ3) is 9.24. The lowest BCUT2D eigenvalue weighted by atomic mass is 9.94. The van der Waals surface area contributed by atoms with Crippen molar-refractivity contribution in [3.05, 3.63) is 59.7 Å². The van der Waals surface area contributed by atoms with Gasteiger partial charge in [-0.1, -0.05) is 36.4 Å². The predicted octanol–water partition coefficient (Wildman–Crippen LogP) is 0.438. The summed E-state index contributed by atoms with van der Waals surface area (Å²) >= 11 is 0. The highest BCUT2D eigenvalue weighted by Gasteiger charge is 2.50. The van der Waals surface area contributed by atoms with Gasteiger partial charge >= 0.3 is 0 Å². The van der Waals surface area contributed by atoms with Crippen molar-refractivity contribution in [3.63, 3.8) is 0 Å². The quantitative estimate of drug-likeness (QED) is 0.153. The number of phenols is 2. The van der Waals surface area contributed by atoms with Gasteiger partial charge in [0.1, 0.15) is 17.7 Å². The number of ether oxygens (including phenoxy) is 2. The van der Waals surface area contributed by atoms with Gasteiger partial charge in [0, 0.05) is 13.1 Å². The van der Waals surface area contributed by atoms with Crippen molar-refractivity contribution in [2.24, 2.45) is 0 Å². The molecule has 2 aliphatic heterocycles. The summed E-state index contributed by atoms with van der Waals surface area (Å²) in [6.45, 7) is 5.92. The zero-order chi connectivity index (χ0) is 31.0. The van der Waals surface area contributed by atoms with E-state index in [0.29, 0.717) is 31.9 Å². The Balaban J connectivity index is 1.45. The van der Waals surface area contributed by atoms with Crippen LogP contribution in [-0.4, -0.2) is 102 Å². The van der Waals surface area contributed by atoms with Crippen LogP contribution in [-0.2, 0) is 41.5 Å². The van der Waals surface area contributed by atoms with E-state index in [2.05, 4.69) is 16.0 Å². The molecule has 0 bridgehead atoms. The molecule has 4 rings (SSSR count). The van der Waals surface area contributed by atoms with E-state index in [4.69, 9.17) is 9.47 Å². The first-order valence-corrected chi connectivity index (χ1v) is 14.5. The minimum atomic E-state index is -1.07. The Bertz CT molecular complexity index is 1290. The number of amides is 3. The molecule has 2 aliphatic rings.